The Morgan fingerprint density at radius 3 is 2.70 bits per heavy atom. The van der Waals surface area contributed by atoms with Gasteiger partial charge in [0.1, 0.15) is 28.7 Å². The van der Waals surface area contributed by atoms with Gasteiger partial charge < -0.3 is 29.1 Å². The largest absolute Gasteiger partial charge is 0.493 e. The summed E-state index contributed by atoms with van der Waals surface area (Å²) in [4.78, 5) is 13.0. The number of benzene rings is 3. The van der Waals surface area contributed by atoms with E-state index >= 15 is 0 Å². The van der Waals surface area contributed by atoms with Gasteiger partial charge in [0.15, 0.2) is 11.5 Å². The summed E-state index contributed by atoms with van der Waals surface area (Å²) >= 11 is 6.10. The van der Waals surface area contributed by atoms with E-state index in [-0.39, 0.29) is 23.0 Å². The number of rotatable bonds is 8. The van der Waals surface area contributed by atoms with Crippen molar-refractivity contribution in [1.29, 1.82) is 5.26 Å². The van der Waals surface area contributed by atoms with E-state index < -0.39 is 11.9 Å². The van der Waals surface area contributed by atoms with Gasteiger partial charge in [-0.25, -0.2) is 4.79 Å². The Bertz CT molecular complexity index is 1680. The van der Waals surface area contributed by atoms with Crippen LogP contribution in [0, 0.1) is 18.3 Å². The zero-order valence-electron chi connectivity index (χ0n) is 22.2. The lowest BCUT2D eigenvalue weighted by molar-refractivity contribution is 0.0702. The molecule has 1 aliphatic heterocycles. The van der Waals surface area contributed by atoms with Crippen molar-refractivity contribution in [2.75, 3.05) is 13.7 Å². The Hall–Kier alpha value is -4.61. The maximum Gasteiger partial charge on any atom is 0.379 e. The number of halogens is 1. The number of methoxy groups -OCH3 is 1. The molecule has 9 heteroatoms. The van der Waals surface area contributed by atoms with Crippen LogP contribution in [0.4, 0.5) is 0 Å². The van der Waals surface area contributed by atoms with Crippen LogP contribution in [0.2, 0.25) is 5.02 Å². The monoisotopic (exact) mass is 558 g/mol. The fraction of sp³-hybridized carbons (Fsp3) is 0.226. The fourth-order valence-electron chi connectivity index (χ4n) is 4.69. The predicted octanol–water partition coefficient (Wildman–Crippen LogP) is 7.02. The smallest absolute Gasteiger partial charge is 0.379 e. The van der Waals surface area contributed by atoms with Crippen molar-refractivity contribution in [2.24, 2.45) is 5.73 Å². The molecule has 2 N–H and O–H groups in total. The standard InChI is InChI=1S/C31H27ClN2O6/c1-4-5-12-37-25-10-6-18(13-27(25)36-3)28-21-9-8-20(15-26(21)40-30(34)23(28)16-33)38-31(35)29-17(2)22-14-19(32)7-11-24(22)39-29/h6-11,13-15,28H,4-5,12,34H2,1-3H3. The maximum atomic E-state index is 13.0. The summed E-state index contributed by atoms with van der Waals surface area (Å²) in [6.07, 6.45) is 1.94. The molecule has 0 bridgehead atoms. The van der Waals surface area contributed by atoms with Crippen LogP contribution in [-0.4, -0.2) is 19.7 Å². The average Bonchev–Trinajstić information content (AvgIpc) is 3.28. The van der Waals surface area contributed by atoms with Crippen LogP contribution in [0.5, 0.6) is 23.0 Å². The minimum absolute atomic E-state index is 0.0317. The SMILES string of the molecule is CCCCOc1ccc(C2C(C#N)=C(N)Oc3cc(OC(=O)c4oc5ccc(Cl)cc5c4C)ccc32)cc1OC. The van der Waals surface area contributed by atoms with Crippen molar-refractivity contribution in [2.45, 2.75) is 32.6 Å². The van der Waals surface area contributed by atoms with Gasteiger partial charge in [0.25, 0.3) is 0 Å². The second-order valence-electron chi connectivity index (χ2n) is 9.32. The van der Waals surface area contributed by atoms with Gasteiger partial charge in [0.2, 0.25) is 11.6 Å². The molecule has 0 fully saturated rings. The third-order valence-corrected chi connectivity index (χ3v) is 7.00. The van der Waals surface area contributed by atoms with Gasteiger partial charge >= 0.3 is 5.97 Å². The van der Waals surface area contributed by atoms with Crippen LogP contribution < -0.4 is 24.7 Å². The van der Waals surface area contributed by atoms with Crippen molar-refractivity contribution in [3.05, 3.63) is 93.5 Å². The van der Waals surface area contributed by atoms with Crippen molar-refractivity contribution in [1.82, 2.24) is 0 Å². The summed E-state index contributed by atoms with van der Waals surface area (Å²) in [5.41, 5.74) is 9.04. The number of nitriles is 1. The maximum absolute atomic E-state index is 13.0. The lowest BCUT2D eigenvalue weighted by Crippen LogP contribution is -2.21. The zero-order chi connectivity index (χ0) is 28.4. The Morgan fingerprint density at radius 1 is 1.12 bits per heavy atom. The third-order valence-electron chi connectivity index (χ3n) is 6.76. The molecular weight excluding hydrogens is 532 g/mol. The van der Waals surface area contributed by atoms with Crippen LogP contribution in [0.1, 0.15) is 52.9 Å². The Kier molecular flexibility index (Phi) is 7.58. The molecule has 0 saturated carbocycles. The molecule has 8 nitrogen and oxygen atoms in total. The molecule has 0 saturated heterocycles. The average molecular weight is 559 g/mol. The minimum atomic E-state index is -0.665. The number of allylic oxidation sites excluding steroid dienone is 1. The van der Waals surface area contributed by atoms with Gasteiger partial charge in [-0.2, -0.15) is 5.26 Å². The molecule has 0 amide bonds. The number of carbonyl (C=O) groups is 1. The van der Waals surface area contributed by atoms with E-state index in [0.29, 0.717) is 45.6 Å². The zero-order valence-corrected chi connectivity index (χ0v) is 23.0. The summed E-state index contributed by atoms with van der Waals surface area (Å²) in [6.45, 7) is 4.43. The summed E-state index contributed by atoms with van der Waals surface area (Å²) < 4.78 is 28.6. The summed E-state index contributed by atoms with van der Waals surface area (Å²) in [5, 5.41) is 11.2. The predicted molar refractivity (Wildman–Crippen MR) is 150 cm³/mol. The number of fused-ring (bicyclic) bond motifs is 2. The number of carbonyl (C=O) groups excluding carboxylic acids is 1. The molecular formula is C31H27ClN2O6. The number of hydrogen-bond donors (Lipinski definition) is 1. The topological polar surface area (TPSA) is 117 Å². The molecule has 5 rings (SSSR count). The second kappa shape index (κ2) is 11.2. The van der Waals surface area contributed by atoms with E-state index in [4.69, 9.17) is 40.7 Å². The highest BCUT2D eigenvalue weighted by Gasteiger charge is 2.32. The molecule has 40 heavy (non-hydrogen) atoms. The molecule has 204 valence electrons. The number of hydrogen-bond acceptors (Lipinski definition) is 8. The summed E-state index contributed by atoms with van der Waals surface area (Å²) in [5.74, 6) is 0.608. The van der Waals surface area contributed by atoms with Crippen molar-refractivity contribution in [3.8, 4) is 29.1 Å². The van der Waals surface area contributed by atoms with E-state index in [0.717, 1.165) is 23.8 Å². The van der Waals surface area contributed by atoms with E-state index in [1.54, 1.807) is 50.4 Å². The number of furan rings is 1. The highest BCUT2D eigenvalue weighted by Crippen LogP contribution is 2.45. The van der Waals surface area contributed by atoms with Crippen LogP contribution in [0.15, 0.2) is 70.5 Å². The molecule has 0 radical (unpaired) electrons. The van der Waals surface area contributed by atoms with Gasteiger partial charge in [-0.1, -0.05) is 37.1 Å². The first-order valence-corrected chi connectivity index (χ1v) is 13.2. The van der Waals surface area contributed by atoms with Gasteiger partial charge in [0, 0.05) is 27.6 Å². The number of nitrogens with zero attached hydrogens (tertiary/aromatic N) is 1. The third kappa shape index (κ3) is 5.04. The van der Waals surface area contributed by atoms with Crippen LogP contribution in [0.25, 0.3) is 11.0 Å². The Balaban J connectivity index is 1.46. The Labute approximate surface area is 236 Å². The molecule has 0 spiro atoms. The van der Waals surface area contributed by atoms with E-state index in [9.17, 15) is 10.1 Å². The first-order chi connectivity index (χ1) is 19.3. The molecule has 3 aromatic carbocycles. The number of aryl methyl sites for hydroxylation is 1. The lowest BCUT2D eigenvalue weighted by Gasteiger charge is -2.27. The van der Waals surface area contributed by atoms with Crippen molar-refractivity contribution < 1.29 is 28.2 Å². The highest BCUT2D eigenvalue weighted by atomic mass is 35.5. The second-order valence-corrected chi connectivity index (χ2v) is 9.76. The molecule has 4 aromatic rings. The number of nitrogens with two attached hydrogens (primary N) is 1. The van der Waals surface area contributed by atoms with Crippen LogP contribution in [-0.2, 0) is 0 Å². The number of esters is 1. The van der Waals surface area contributed by atoms with Crippen LogP contribution in [0.3, 0.4) is 0 Å². The number of unbranched alkanes of at least 4 members (excludes halogenated alkanes) is 1. The lowest BCUT2D eigenvalue weighted by atomic mass is 9.83. The summed E-state index contributed by atoms with van der Waals surface area (Å²) in [6, 6.07) is 17.8. The van der Waals surface area contributed by atoms with Gasteiger partial charge in [-0.3, -0.25) is 0 Å². The van der Waals surface area contributed by atoms with Gasteiger partial charge in [0.05, 0.1) is 19.6 Å². The van der Waals surface area contributed by atoms with E-state index in [2.05, 4.69) is 13.0 Å². The van der Waals surface area contributed by atoms with Crippen molar-refractivity contribution >= 4 is 28.5 Å². The van der Waals surface area contributed by atoms with E-state index in [1.807, 2.05) is 18.2 Å². The quantitative estimate of drug-likeness (QED) is 0.139. The van der Waals surface area contributed by atoms with Crippen LogP contribution >= 0.6 is 11.6 Å². The van der Waals surface area contributed by atoms with Gasteiger partial charge in [-0.15, -0.1) is 0 Å². The van der Waals surface area contributed by atoms with Gasteiger partial charge in [-0.05, 0) is 55.3 Å². The number of ether oxygens (including phenoxy) is 4. The first kappa shape index (κ1) is 27.0. The minimum Gasteiger partial charge on any atom is -0.493 e. The highest BCUT2D eigenvalue weighted by molar-refractivity contribution is 6.31. The van der Waals surface area contributed by atoms with E-state index in [1.165, 1.54) is 0 Å². The van der Waals surface area contributed by atoms with Crippen molar-refractivity contribution in [3.63, 3.8) is 0 Å². The molecule has 0 aliphatic carbocycles. The molecule has 1 aliphatic rings. The Morgan fingerprint density at radius 2 is 1.95 bits per heavy atom. The molecule has 1 atom stereocenters. The summed E-state index contributed by atoms with van der Waals surface area (Å²) in [7, 11) is 1.57. The first-order valence-electron chi connectivity index (χ1n) is 12.8. The molecule has 1 aromatic heterocycles. The normalized spacial score (nSPS) is 14.3. The fourth-order valence-corrected chi connectivity index (χ4v) is 4.86. The molecule has 2 heterocycles. The molecule has 1 unspecified atom stereocenters.